The predicted octanol–water partition coefficient (Wildman–Crippen LogP) is 1.73. The molecule has 1 atom stereocenters. The van der Waals surface area contributed by atoms with Crippen molar-refractivity contribution in [2.75, 3.05) is 11.4 Å². The number of aliphatic carboxylic acids is 1. The Hall–Kier alpha value is -2.74. The van der Waals surface area contributed by atoms with Crippen LogP contribution in [0.3, 0.4) is 0 Å². The van der Waals surface area contributed by atoms with E-state index in [-0.39, 0.29) is 12.1 Å². The molecule has 138 valence electrons. The number of aliphatic hydroxyl groups is 1. The van der Waals surface area contributed by atoms with E-state index in [9.17, 15) is 14.7 Å². The number of carboxylic acids is 1. The minimum atomic E-state index is -1.28. The minimum Gasteiger partial charge on any atom is -0.481 e. The molecule has 8 heteroatoms. The van der Waals surface area contributed by atoms with Crippen molar-refractivity contribution in [3.8, 4) is 0 Å². The Morgan fingerprint density at radius 3 is 2.81 bits per heavy atom. The third kappa shape index (κ3) is 3.91. The number of amidine groups is 1. The van der Waals surface area contributed by atoms with Gasteiger partial charge < -0.3 is 20.4 Å². The van der Waals surface area contributed by atoms with Gasteiger partial charge in [-0.3, -0.25) is 9.59 Å². The standard InChI is InChI=1S/C18H22N4O4/c1-11-7-8-13-12(10-11)19-15-16(20-18(26)21-17(15)25)22(13)9-5-3-2-4-6-14(23)24/h7-8,10,18,26H,2-6,9H2,1H3,(H,21,25)(H,23,24). The number of aliphatic imine (C=N–C) groups is 2. The summed E-state index contributed by atoms with van der Waals surface area (Å²) < 4.78 is 0. The van der Waals surface area contributed by atoms with Crippen LogP contribution in [0.4, 0.5) is 11.4 Å². The van der Waals surface area contributed by atoms with E-state index in [1.165, 1.54) is 0 Å². The van der Waals surface area contributed by atoms with Crippen LogP contribution in [0.2, 0.25) is 0 Å². The van der Waals surface area contributed by atoms with Gasteiger partial charge >= 0.3 is 5.97 Å². The van der Waals surface area contributed by atoms with Gasteiger partial charge in [0.05, 0.1) is 11.4 Å². The van der Waals surface area contributed by atoms with Gasteiger partial charge in [0.25, 0.3) is 5.91 Å². The Kier molecular flexibility index (Phi) is 5.32. The molecule has 26 heavy (non-hydrogen) atoms. The monoisotopic (exact) mass is 358 g/mol. The van der Waals surface area contributed by atoms with Gasteiger partial charge in [0.1, 0.15) is 0 Å². The number of anilines is 1. The van der Waals surface area contributed by atoms with Crippen molar-refractivity contribution in [2.45, 2.75) is 45.4 Å². The number of aliphatic hydroxyl groups excluding tert-OH is 1. The van der Waals surface area contributed by atoms with Crippen molar-refractivity contribution < 1.29 is 19.8 Å². The molecule has 0 bridgehead atoms. The SMILES string of the molecule is Cc1ccc2c(c1)N=C1C(=O)NC(O)N=C1N2CCCCCCC(=O)O. The number of benzene rings is 1. The first-order valence-corrected chi connectivity index (χ1v) is 8.71. The van der Waals surface area contributed by atoms with Crippen LogP contribution in [0.5, 0.6) is 0 Å². The normalized spacial score (nSPS) is 18.5. The number of nitrogens with zero attached hydrogens (tertiary/aromatic N) is 3. The zero-order valence-corrected chi connectivity index (χ0v) is 14.6. The van der Waals surface area contributed by atoms with Crippen LogP contribution in [0, 0.1) is 6.92 Å². The van der Waals surface area contributed by atoms with E-state index in [2.05, 4.69) is 15.3 Å². The van der Waals surface area contributed by atoms with Gasteiger partial charge in [-0.1, -0.05) is 18.9 Å². The molecule has 1 amide bonds. The Labute approximate surface area is 151 Å². The van der Waals surface area contributed by atoms with Crippen molar-refractivity contribution in [1.82, 2.24) is 5.32 Å². The zero-order chi connectivity index (χ0) is 18.7. The molecule has 0 aliphatic carbocycles. The molecular formula is C18H22N4O4. The molecule has 3 rings (SSSR count). The van der Waals surface area contributed by atoms with Gasteiger partial charge in [-0.2, -0.15) is 0 Å². The van der Waals surface area contributed by atoms with Crippen molar-refractivity contribution in [2.24, 2.45) is 9.98 Å². The maximum atomic E-state index is 12.2. The molecule has 0 radical (unpaired) electrons. The van der Waals surface area contributed by atoms with Gasteiger partial charge in [0.15, 0.2) is 11.5 Å². The molecule has 2 aliphatic rings. The third-order valence-electron chi connectivity index (χ3n) is 4.36. The fraction of sp³-hybridized carbons (Fsp3) is 0.444. The van der Waals surface area contributed by atoms with E-state index < -0.39 is 18.2 Å². The quantitative estimate of drug-likeness (QED) is 0.642. The molecule has 1 unspecified atom stereocenters. The zero-order valence-electron chi connectivity index (χ0n) is 14.6. The van der Waals surface area contributed by atoms with Crippen molar-refractivity contribution >= 4 is 34.8 Å². The summed E-state index contributed by atoms with van der Waals surface area (Å²) >= 11 is 0. The molecule has 1 aromatic rings. The Balaban J connectivity index is 1.77. The number of fused-ring (bicyclic) bond motifs is 2. The van der Waals surface area contributed by atoms with E-state index in [4.69, 9.17) is 5.11 Å². The molecule has 2 heterocycles. The second-order valence-corrected chi connectivity index (χ2v) is 6.46. The number of amides is 1. The minimum absolute atomic E-state index is 0.182. The molecular weight excluding hydrogens is 336 g/mol. The highest BCUT2D eigenvalue weighted by molar-refractivity contribution is 6.70. The maximum absolute atomic E-state index is 12.2. The van der Waals surface area contributed by atoms with E-state index in [0.717, 1.165) is 30.5 Å². The highest BCUT2D eigenvalue weighted by atomic mass is 16.4. The number of hydrogen-bond acceptors (Lipinski definition) is 6. The Morgan fingerprint density at radius 2 is 2.04 bits per heavy atom. The van der Waals surface area contributed by atoms with Crippen LogP contribution in [0.25, 0.3) is 0 Å². The fourth-order valence-corrected chi connectivity index (χ4v) is 3.11. The van der Waals surface area contributed by atoms with Crippen LogP contribution in [-0.4, -0.2) is 46.5 Å². The second-order valence-electron chi connectivity index (χ2n) is 6.46. The summed E-state index contributed by atoms with van der Waals surface area (Å²) in [7, 11) is 0. The first kappa shape index (κ1) is 18.1. The van der Waals surface area contributed by atoms with E-state index >= 15 is 0 Å². The summed E-state index contributed by atoms with van der Waals surface area (Å²) in [4.78, 5) is 33.3. The van der Waals surface area contributed by atoms with Gasteiger partial charge in [0, 0.05) is 13.0 Å². The van der Waals surface area contributed by atoms with Gasteiger partial charge in [-0.05, 0) is 37.5 Å². The highest BCUT2D eigenvalue weighted by Gasteiger charge is 2.34. The molecule has 0 saturated carbocycles. The predicted molar refractivity (Wildman–Crippen MR) is 97.9 cm³/mol. The van der Waals surface area contributed by atoms with Gasteiger partial charge in [-0.15, -0.1) is 0 Å². The number of aryl methyl sites for hydroxylation is 1. The lowest BCUT2D eigenvalue weighted by atomic mass is 10.1. The van der Waals surface area contributed by atoms with Gasteiger partial charge in [-0.25, -0.2) is 9.98 Å². The van der Waals surface area contributed by atoms with Crippen molar-refractivity contribution in [3.05, 3.63) is 23.8 Å². The Bertz CT molecular complexity index is 787. The van der Waals surface area contributed by atoms with Crippen molar-refractivity contribution in [3.63, 3.8) is 0 Å². The van der Waals surface area contributed by atoms with E-state index in [1.807, 2.05) is 30.0 Å². The van der Waals surface area contributed by atoms with Crippen LogP contribution >= 0.6 is 0 Å². The number of carbonyl (C=O) groups excluding carboxylic acids is 1. The lowest BCUT2D eigenvalue weighted by molar-refractivity contribution is -0.137. The third-order valence-corrected chi connectivity index (χ3v) is 4.36. The summed E-state index contributed by atoms with van der Waals surface area (Å²) in [6.45, 7) is 2.57. The lowest BCUT2D eigenvalue weighted by Crippen LogP contribution is -2.53. The Morgan fingerprint density at radius 1 is 1.27 bits per heavy atom. The molecule has 0 spiro atoms. The van der Waals surface area contributed by atoms with Crippen LogP contribution in [-0.2, 0) is 9.59 Å². The second kappa shape index (κ2) is 7.65. The summed E-state index contributed by atoms with van der Waals surface area (Å²) in [5, 5.41) is 20.8. The summed E-state index contributed by atoms with van der Waals surface area (Å²) in [5.74, 6) is -0.841. The molecule has 1 aromatic carbocycles. The average Bonchev–Trinajstić information content (AvgIpc) is 2.57. The molecule has 0 fully saturated rings. The molecule has 3 N–H and O–H groups in total. The van der Waals surface area contributed by atoms with Crippen LogP contribution in [0.1, 0.15) is 37.7 Å². The highest BCUT2D eigenvalue weighted by Crippen LogP contribution is 2.35. The molecule has 8 nitrogen and oxygen atoms in total. The first-order chi connectivity index (χ1) is 12.5. The van der Waals surface area contributed by atoms with Crippen LogP contribution < -0.4 is 10.2 Å². The number of carbonyl (C=O) groups is 2. The maximum Gasteiger partial charge on any atom is 0.303 e. The molecule has 2 aliphatic heterocycles. The number of unbranched alkanes of at least 4 members (excludes halogenated alkanes) is 3. The van der Waals surface area contributed by atoms with Crippen molar-refractivity contribution in [1.29, 1.82) is 0 Å². The lowest BCUT2D eigenvalue weighted by Gasteiger charge is -2.34. The first-order valence-electron chi connectivity index (χ1n) is 8.71. The molecule has 0 saturated heterocycles. The van der Waals surface area contributed by atoms with Gasteiger partial charge in [0.2, 0.25) is 6.35 Å². The number of rotatable bonds is 7. The van der Waals surface area contributed by atoms with Crippen LogP contribution in [0.15, 0.2) is 28.2 Å². The molecule has 0 aromatic heterocycles. The fourth-order valence-electron chi connectivity index (χ4n) is 3.11. The number of carboxylic acid groups (broad SMARTS) is 1. The summed E-state index contributed by atoms with van der Waals surface area (Å²) in [6, 6.07) is 5.83. The summed E-state index contributed by atoms with van der Waals surface area (Å²) in [5.41, 5.74) is 2.81. The smallest absolute Gasteiger partial charge is 0.303 e. The number of hydrogen-bond donors (Lipinski definition) is 3. The van der Waals surface area contributed by atoms with E-state index in [1.54, 1.807) is 0 Å². The summed E-state index contributed by atoms with van der Waals surface area (Å²) in [6.07, 6.45) is 2.08. The van der Waals surface area contributed by atoms with E-state index in [0.29, 0.717) is 24.5 Å². The largest absolute Gasteiger partial charge is 0.481 e. The topological polar surface area (TPSA) is 115 Å². The average molecular weight is 358 g/mol. The number of nitrogens with one attached hydrogen (secondary N) is 1.